The third-order valence-corrected chi connectivity index (χ3v) is 3.19. The second-order valence-corrected chi connectivity index (χ2v) is 4.40. The second kappa shape index (κ2) is 5.83. The molecule has 2 aromatic rings. The van der Waals surface area contributed by atoms with E-state index in [1.54, 1.807) is 19.2 Å². The number of anilines is 3. The lowest BCUT2D eigenvalue weighted by atomic mass is 10.3. The predicted octanol–water partition coefficient (Wildman–Crippen LogP) is 3.17. The molecule has 0 atom stereocenters. The quantitative estimate of drug-likeness (QED) is 0.903. The van der Waals surface area contributed by atoms with Crippen LogP contribution in [0.3, 0.4) is 0 Å². The molecular weight excluding hydrogens is 315 g/mol. The summed E-state index contributed by atoms with van der Waals surface area (Å²) in [6, 6.07) is 4.49. The molecule has 0 saturated heterocycles. The van der Waals surface area contributed by atoms with E-state index in [1.807, 2.05) is 0 Å². The summed E-state index contributed by atoms with van der Waals surface area (Å²) in [7, 11) is 3.18. The first-order valence-corrected chi connectivity index (χ1v) is 6.23. The number of nitrogens with zero attached hydrogens (tertiary/aromatic N) is 2. The molecule has 0 amide bonds. The molecule has 5 nitrogen and oxygen atoms in total. The van der Waals surface area contributed by atoms with Crippen molar-refractivity contribution in [2.75, 3.05) is 24.8 Å². The average Bonchev–Trinajstić information content (AvgIpc) is 2.43. The Balaban J connectivity index is 2.31. The maximum Gasteiger partial charge on any atom is 0.165 e. The highest BCUT2D eigenvalue weighted by Crippen LogP contribution is 2.30. The molecule has 7 heteroatoms. The third kappa shape index (κ3) is 2.93. The van der Waals surface area contributed by atoms with Crippen LogP contribution >= 0.6 is 15.9 Å². The van der Waals surface area contributed by atoms with Crippen molar-refractivity contribution in [2.24, 2.45) is 0 Å². The van der Waals surface area contributed by atoms with Crippen LogP contribution in [-0.4, -0.2) is 24.1 Å². The van der Waals surface area contributed by atoms with Gasteiger partial charge in [0.2, 0.25) is 0 Å². The zero-order chi connectivity index (χ0) is 13.8. The van der Waals surface area contributed by atoms with Gasteiger partial charge in [-0.2, -0.15) is 0 Å². The third-order valence-electron chi connectivity index (χ3n) is 2.44. The lowest BCUT2D eigenvalue weighted by molar-refractivity contribution is 0.387. The van der Waals surface area contributed by atoms with E-state index in [-0.39, 0.29) is 5.75 Å². The summed E-state index contributed by atoms with van der Waals surface area (Å²) in [4.78, 5) is 8.17. The first-order valence-electron chi connectivity index (χ1n) is 5.44. The van der Waals surface area contributed by atoms with Gasteiger partial charge in [0.05, 0.1) is 7.11 Å². The molecule has 1 aromatic carbocycles. The summed E-state index contributed by atoms with van der Waals surface area (Å²) >= 11 is 3.39. The van der Waals surface area contributed by atoms with Gasteiger partial charge in [0.25, 0.3) is 0 Å². The molecular formula is C12H12BrFN4O. The Hall–Kier alpha value is -1.89. The predicted molar refractivity (Wildman–Crippen MR) is 75.5 cm³/mol. The van der Waals surface area contributed by atoms with Gasteiger partial charge in [0, 0.05) is 18.8 Å². The van der Waals surface area contributed by atoms with E-state index in [1.165, 1.54) is 19.5 Å². The molecule has 0 unspecified atom stereocenters. The summed E-state index contributed by atoms with van der Waals surface area (Å²) in [5, 5.41) is 5.99. The first kappa shape index (κ1) is 13.5. The van der Waals surface area contributed by atoms with Crippen LogP contribution in [-0.2, 0) is 0 Å². The van der Waals surface area contributed by atoms with E-state index in [0.717, 1.165) is 0 Å². The largest absolute Gasteiger partial charge is 0.494 e. The highest BCUT2D eigenvalue weighted by Gasteiger charge is 2.09. The fourth-order valence-corrected chi connectivity index (χ4v) is 2.01. The number of ether oxygens (including phenoxy) is 1. The van der Waals surface area contributed by atoms with Crippen molar-refractivity contribution in [3.63, 3.8) is 0 Å². The van der Waals surface area contributed by atoms with Crippen molar-refractivity contribution in [1.82, 2.24) is 9.97 Å². The van der Waals surface area contributed by atoms with Crippen molar-refractivity contribution < 1.29 is 9.13 Å². The Bertz CT molecular complexity index is 594. The van der Waals surface area contributed by atoms with Gasteiger partial charge in [0.15, 0.2) is 11.6 Å². The van der Waals surface area contributed by atoms with E-state index in [0.29, 0.717) is 21.8 Å². The van der Waals surface area contributed by atoms with Gasteiger partial charge in [-0.05, 0) is 28.1 Å². The van der Waals surface area contributed by atoms with Crippen molar-refractivity contribution in [3.05, 3.63) is 34.8 Å². The summed E-state index contributed by atoms with van der Waals surface area (Å²) in [5.74, 6) is 0.995. The van der Waals surface area contributed by atoms with E-state index >= 15 is 0 Å². The lowest BCUT2D eigenvalue weighted by Gasteiger charge is -2.11. The Kier molecular flexibility index (Phi) is 4.16. The van der Waals surface area contributed by atoms with E-state index < -0.39 is 5.82 Å². The molecule has 0 aliphatic carbocycles. The van der Waals surface area contributed by atoms with Crippen molar-refractivity contribution in [1.29, 1.82) is 0 Å². The number of nitrogens with one attached hydrogen (secondary N) is 2. The van der Waals surface area contributed by atoms with Crippen LogP contribution in [0.25, 0.3) is 0 Å². The molecule has 0 aliphatic heterocycles. The topological polar surface area (TPSA) is 59.1 Å². The van der Waals surface area contributed by atoms with Crippen LogP contribution in [0.4, 0.5) is 21.7 Å². The molecule has 0 fully saturated rings. The number of benzene rings is 1. The molecule has 2 N–H and O–H groups in total. The second-order valence-electron chi connectivity index (χ2n) is 3.61. The highest BCUT2D eigenvalue weighted by atomic mass is 79.9. The normalized spacial score (nSPS) is 10.1. The lowest BCUT2D eigenvalue weighted by Crippen LogP contribution is -2.01. The molecule has 0 spiro atoms. The van der Waals surface area contributed by atoms with Crippen LogP contribution in [0.5, 0.6) is 5.75 Å². The Morgan fingerprint density at radius 1 is 1.26 bits per heavy atom. The first-order chi connectivity index (χ1) is 9.15. The standard InChI is InChI=1S/C12H12BrFN4O/c1-15-11-10(13)12(17-6-16-11)18-7-3-4-8(14)9(5-7)19-2/h3-6H,1-2H3,(H2,15,16,17,18). The van der Waals surface area contributed by atoms with E-state index in [4.69, 9.17) is 4.74 Å². The number of hydrogen-bond acceptors (Lipinski definition) is 5. The number of hydrogen-bond donors (Lipinski definition) is 2. The molecule has 1 heterocycles. The molecule has 0 saturated carbocycles. The fourth-order valence-electron chi connectivity index (χ4n) is 1.51. The van der Waals surface area contributed by atoms with Gasteiger partial charge < -0.3 is 15.4 Å². The summed E-state index contributed by atoms with van der Waals surface area (Å²) in [6.45, 7) is 0. The molecule has 0 aliphatic rings. The van der Waals surface area contributed by atoms with E-state index in [9.17, 15) is 4.39 Å². The molecule has 1 aromatic heterocycles. The monoisotopic (exact) mass is 326 g/mol. The van der Waals surface area contributed by atoms with Crippen molar-refractivity contribution >= 4 is 33.3 Å². The fraction of sp³-hybridized carbons (Fsp3) is 0.167. The van der Waals surface area contributed by atoms with Gasteiger partial charge in [-0.3, -0.25) is 0 Å². The maximum atomic E-state index is 13.3. The number of methoxy groups -OCH3 is 1. The minimum absolute atomic E-state index is 0.170. The number of rotatable bonds is 4. The average molecular weight is 327 g/mol. The smallest absolute Gasteiger partial charge is 0.165 e. The van der Waals surface area contributed by atoms with Gasteiger partial charge in [-0.15, -0.1) is 0 Å². The minimum Gasteiger partial charge on any atom is -0.494 e. The molecule has 100 valence electrons. The summed E-state index contributed by atoms with van der Waals surface area (Å²) in [6.07, 6.45) is 1.43. The number of aromatic nitrogens is 2. The van der Waals surface area contributed by atoms with Crippen molar-refractivity contribution in [3.8, 4) is 5.75 Å². The van der Waals surface area contributed by atoms with Crippen LogP contribution in [0.15, 0.2) is 29.0 Å². The van der Waals surface area contributed by atoms with Crippen LogP contribution < -0.4 is 15.4 Å². The Morgan fingerprint density at radius 3 is 2.68 bits per heavy atom. The van der Waals surface area contributed by atoms with Gasteiger partial charge in [-0.1, -0.05) is 0 Å². The molecule has 19 heavy (non-hydrogen) atoms. The minimum atomic E-state index is -0.411. The van der Waals surface area contributed by atoms with E-state index in [2.05, 4.69) is 36.5 Å². The zero-order valence-electron chi connectivity index (χ0n) is 10.4. The molecule has 0 bridgehead atoms. The van der Waals surface area contributed by atoms with Crippen LogP contribution in [0.2, 0.25) is 0 Å². The van der Waals surface area contributed by atoms with Crippen molar-refractivity contribution in [2.45, 2.75) is 0 Å². The van der Waals surface area contributed by atoms with Crippen LogP contribution in [0, 0.1) is 5.82 Å². The molecule has 0 radical (unpaired) electrons. The van der Waals surface area contributed by atoms with Gasteiger partial charge in [-0.25, -0.2) is 14.4 Å². The summed E-state index contributed by atoms with van der Waals surface area (Å²) in [5.41, 5.74) is 0.666. The Labute approximate surface area is 118 Å². The van der Waals surface area contributed by atoms with Crippen LogP contribution in [0.1, 0.15) is 0 Å². The Morgan fingerprint density at radius 2 is 2.00 bits per heavy atom. The summed E-state index contributed by atoms with van der Waals surface area (Å²) < 4.78 is 18.9. The van der Waals surface area contributed by atoms with Gasteiger partial charge >= 0.3 is 0 Å². The maximum absolute atomic E-state index is 13.3. The zero-order valence-corrected chi connectivity index (χ0v) is 12.0. The number of halogens is 2. The SMILES string of the molecule is CNc1ncnc(Nc2ccc(F)c(OC)c2)c1Br. The molecule has 2 rings (SSSR count). The van der Waals surface area contributed by atoms with Gasteiger partial charge in [0.1, 0.15) is 22.4 Å². The highest BCUT2D eigenvalue weighted by molar-refractivity contribution is 9.10.